The Morgan fingerprint density at radius 3 is 2.43 bits per heavy atom. The number of hydrogen-bond acceptors (Lipinski definition) is 3. The lowest BCUT2D eigenvalue weighted by molar-refractivity contribution is -0.129. The molecule has 3 fully saturated rings. The minimum absolute atomic E-state index is 0.0199. The topological polar surface area (TPSA) is 52.7 Å². The molecule has 3 unspecified atom stereocenters. The highest BCUT2D eigenvalue weighted by molar-refractivity contribution is 5.89. The first-order valence-electron chi connectivity index (χ1n) is 10.9. The van der Waals surface area contributed by atoms with Crippen LogP contribution in [0, 0.1) is 17.8 Å². The molecular formula is C23H33N3O2. The standard InChI is InChI=1S/C23H33N3O2/c1-16-9-17(2)13-25(12-16)14-19-6-4-3-5-18(19)11-24-23(28)20-10-22(27)26(15-20)21-7-8-21/h3-6,16-17,20-21H,7-15H2,1-2H3,(H,24,28). The largest absolute Gasteiger partial charge is 0.352 e. The maximum Gasteiger partial charge on any atom is 0.225 e. The zero-order valence-corrected chi connectivity index (χ0v) is 17.2. The second-order valence-electron chi connectivity index (χ2n) is 9.30. The van der Waals surface area contributed by atoms with Crippen LogP contribution in [-0.4, -0.2) is 47.3 Å². The average Bonchev–Trinajstić information content (AvgIpc) is 3.41. The highest BCUT2D eigenvalue weighted by Gasteiger charge is 2.41. The fourth-order valence-electron chi connectivity index (χ4n) is 5.02. The number of carbonyl (C=O) groups is 2. The number of benzene rings is 1. The molecular weight excluding hydrogens is 350 g/mol. The fourth-order valence-corrected chi connectivity index (χ4v) is 5.02. The number of piperidine rings is 1. The van der Waals surface area contributed by atoms with Crippen molar-refractivity contribution < 1.29 is 9.59 Å². The van der Waals surface area contributed by atoms with Crippen LogP contribution in [0.25, 0.3) is 0 Å². The average molecular weight is 384 g/mol. The van der Waals surface area contributed by atoms with E-state index in [1.807, 2.05) is 11.0 Å². The Labute approximate surface area is 168 Å². The van der Waals surface area contributed by atoms with Crippen molar-refractivity contribution in [2.45, 2.75) is 58.7 Å². The van der Waals surface area contributed by atoms with Crippen LogP contribution < -0.4 is 5.32 Å². The Bertz CT molecular complexity index is 720. The Hall–Kier alpha value is -1.88. The normalized spacial score (nSPS) is 28.6. The Balaban J connectivity index is 1.33. The third kappa shape index (κ3) is 4.57. The quantitative estimate of drug-likeness (QED) is 0.822. The number of carbonyl (C=O) groups excluding carboxylic acids is 2. The van der Waals surface area contributed by atoms with Gasteiger partial charge in [0.15, 0.2) is 0 Å². The first-order chi connectivity index (χ1) is 13.5. The van der Waals surface area contributed by atoms with Crippen molar-refractivity contribution in [1.29, 1.82) is 0 Å². The molecule has 1 saturated carbocycles. The van der Waals surface area contributed by atoms with Gasteiger partial charge >= 0.3 is 0 Å². The minimum atomic E-state index is -0.191. The second kappa shape index (κ2) is 8.24. The van der Waals surface area contributed by atoms with Crippen molar-refractivity contribution in [3.63, 3.8) is 0 Å². The molecule has 0 aromatic heterocycles. The van der Waals surface area contributed by atoms with Crippen LogP contribution in [0.2, 0.25) is 0 Å². The highest BCUT2D eigenvalue weighted by atomic mass is 16.2. The summed E-state index contributed by atoms with van der Waals surface area (Å²) >= 11 is 0. The van der Waals surface area contributed by atoms with Gasteiger partial charge in [0.2, 0.25) is 11.8 Å². The Morgan fingerprint density at radius 2 is 1.75 bits per heavy atom. The zero-order chi connectivity index (χ0) is 19.7. The SMILES string of the molecule is CC1CC(C)CN(Cc2ccccc2CNC(=O)C2CC(=O)N(C3CC3)C2)C1. The lowest BCUT2D eigenvalue weighted by atomic mass is 9.91. The van der Waals surface area contributed by atoms with Crippen LogP contribution in [-0.2, 0) is 22.7 Å². The smallest absolute Gasteiger partial charge is 0.225 e. The summed E-state index contributed by atoms with van der Waals surface area (Å²) in [4.78, 5) is 29.2. The van der Waals surface area contributed by atoms with Crippen LogP contribution in [0.1, 0.15) is 50.7 Å². The van der Waals surface area contributed by atoms with Gasteiger partial charge in [-0.25, -0.2) is 0 Å². The third-order valence-corrected chi connectivity index (χ3v) is 6.43. The summed E-state index contributed by atoms with van der Waals surface area (Å²) in [7, 11) is 0. The summed E-state index contributed by atoms with van der Waals surface area (Å²) < 4.78 is 0. The van der Waals surface area contributed by atoms with Crippen LogP contribution in [0.4, 0.5) is 0 Å². The molecule has 2 amide bonds. The summed E-state index contributed by atoms with van der Waals surface area (Å²) in [5.74, 6) is 1.46. The van der Waals surface area contributed by atoms with Crippen LogP contribution in [0.5, 0.6) is 0 Å². The maximum atomic E-state index is 12.6. The van der Waals surface area contributed by atoms with Gasteiger partial charge in [-0.05, 0) is 42.2 Å². The number of rotatable bonds is 6. The number of nitrogens with one attached hydrogen (secondary N) is 1. The number of amides is 2. The van der Waals surface area contributed by atoms with Crippen LogP contribution >= 0.6 is 0 Å². The summed E-state index contributed by atoms with van der Waals surface area (Å²) in [6.07, 6.45) is 3.88. The van der Waals surface area contributed by atoms with E-state index in [0.29, 0.717) is 25.6 Å². The van der Waals surface area contributed by atoms with Crippen molar-refractivity contribution in [2.75, 3.05) is 19.6 Å². The van der Waals surface area contributed by atoms with Gasteiger partial charge in [0.05, 0.1) is 5.92 Å². The lowest BCUT2D eigenvalue weighted by Crippen LogP contribution is -2.38. The van der Waals surface area contributed by atoms with Gasteiger partial charge in [-0.2, -0.15) is 0 Å². The minimum Gasteiger partial charge on any atom is -0.352 e. The Kier molecular flexibility index (Phi) is 5.72. The van der Waals surface area contributed by atoms with E-state index in [9.17, 15) is 9.59 Å². The first-order valence-corrected chi connectivity index (χ1v) is 10.9. The molecule has 2 heterocycles. The molecule has 2 aliphatic heterocycles. The number of hydrogen-bond donors (Lipinski definition) is 1. The molecule has 28 heavy (non-hydrogen) atoms. The van der Waals surface area contributed by atoms with E-state index in [1.165, 1.54) is 17.5 Å². The molecule has 1 N–H and O–H groups in total. The van der Waals surface area contributed by atoms with Crippen LogP contribution in [0.3, 0.4) is 0 Å². The zero-order valence-electron chi connectivity index (χ0n) is 17.2. The molecule has 0 radical (unpaired) electrons. The van der Waals surface area contributed by atoms with Crippen molar-refractivity contribution >= 4 is 11.8 Å². The lowest BCUT2D eigenvalue weighted by Gasteiger charge is -2.35. The van der Waals surface area contributed by atoms with Crippen molar-refractivity contribution in [3.05, 3.63) is 35.4 Å². The van der Waals surface area contributed by atoms with Gasteiger partial charge < -0.3 is 10.2 Å². The van der Waals surface area contributed by atoms with Gasteiger partial charge in [-0.1, -0.05) is 38.1 Å². The molecule has 1 aliphatic carbocycles. The van der Waals surface area contributed by atoms with E-state index in [1.54, 1.807) is 0 Å². The van der Waals surface area contributed by atoms with E-state index in [2.05, 4.69) is 42.3 Å². The van der Waals surface area contributed by atoms with Crippen molar-refractivity contribution in [1.82, 2.24) is 15.1 Å². The molecule has 152 valence electrons. The fraction of sp³-hybridized carbons (Fsp3) is 0.652. The second-order valence-corrected chi connectivity index (χ2v) is 9.30. The van der Waals surface area contributed by atoms with E-state index in [4.69, 9.17) is 0 Å². The highest BCUT2D eigenvalue weighted by Crippen LogP contribution is 2.32. The molecule has 4 rings (SSSR count). The number of nitrogens with zero attached hydrogens (tertiary/aromatic N) is 2. The molecule has 0 bridgehead atoms. The monoisotopic (exact) mass is 383 g/mol. The van der Waals surface area contributed by atoms with E-state index in [-0.39, 0.29) is 17.7 Å². The third-order valence-electron chi connectivity index (χ3n) is 6.43. The van der Waals surface area contributed by atoms with E-state index in [0.717, 1.165) is 44.3 Å². The van der Waals surface area contributed by atoms with Gasteiger partial charge in [0.1, 0.15) is 0 Å². The molecule has 3 atom stereocenters. The Morgan fingerprint density at radius 1 is 1.07 bits per heavy atom. The van der Waals surface area contributed by atoms with Gasteiger partial charge in [0, 0.05) is 45.2 Å². The van der Waals surface area contributed by atoms with Gasteiger partial charge in [-0.15, -0.1) is 0 Å². The molecule has 5 nitrogen and oxygen atoms in total. The molecule has 0 spiro atoms. The molecule has 1 aromatic rings. The van der Waals surface area contributed by atoms with E-state index < -0.39 is 0 Å². The van der Waals surface area contributed by atoms with Crippen LogP contribution in [0.15, 0.2) is 24.3 Å². The summed E-state index contributed by atoms with van der Waals surface area (Å²) in [5, 5.41) is 3.10. The summed E-state index contributed by atoms with van der Waals surface area (Å²) in [6.45, 7) is 9.05. The summed E-state index contributed by atoms with van der Waals surface area (Å²) in [6, 6.07) is 8.82. The van der Waals surface area contributed by atoms with E-state index >= 15 is 0 Å². The van der Waals surface area contributed by atoms with Crippen molar-refractivity contribution in [3.8, 4) is 0 Å². The molecule has 3 aliphatic rings. The van der Waals surface area contributed by atoms with Crippen molar-refractivity contribution in [2.24, 2.45) is 17.8 Å². The predicted octanol–water partition coefficient (Wildman–Crippen LogP) is 2.79. The van der Waals surface area contributed by atoms with Gasteiger partial charge in [0.25, 0.3) is 0 Å². The predicted molar refractivity (Wildman–Crippen MR) is 109 cm³/mol. The molecule has 1 aromatic carbocycles. The number of likely N-dealkylation sites (tertiary alicyclic amines) is 2. The maximum absolute atomic E-state index is 12.6. The molecule has 2 saturated heterocycles. The summed E-state index contributed by atoms with van der Waals surface area (Å²) in [5.41, 5.74) is 2.48. The molecule has 5 heteroatoms. The van der Waals surface area contributed by atoms with Gasteiger partial charge in [-0.3, -0.25) is 14.5 Å². The first kappa shape index (κ1) is 19.4.